The molecule has 1 heterocycles. The lowest BCUT2D eigenvalue weighted by atomic mass is 9.99. The van der Waals surface area contributed by atoms with Crippen LogP contribution in [0.1, 0.15) is 0 Å². The van der Waals surface area contributed by atoms with Crippen LogP contribution in [-0.4, -0.2) is 60.2 Å². The first kappa shape index (κ1) is 12.6. The molecule has 1 aliphatic rings. The van der Waals surface area contributed by atoms with Crippen LogP contribution < -0.4 is 0 Å². The summed E-state index contributed by atoms with van der Waals surface area (Å²) in [6.45, 7) is 0. The third kappa shape index (κ3) is 1.91. The van der Waals surface area contributed by atoms with Crippen molar-refractivity contribution in [2.45, 2.75) is 34.7 Å². The van der Waals surface area contributed by atoms with Gasteiger partial charge in [0.25, 0.3) is 0 Å². The fourth-order valence-corrected chi connectivity index (χ4v) is 1.75. The molecule has 0 bridgehead atoms. The van der Waals surface area contributed by atoms with Gasteiger partial charge < -0.3 is 30.3 Å². The van der Waals surface area contributed by atoms with E-state index in [1.807, 2.05) is 0 Å². The number of hydrogen-bond donors (Lipinski definition) is 5. The van der Waals surface area contributed by atoms with Crippen LogP contribution in [0, 0.1) is 0 Å². The Morgan fingerprint density at radius 1 is 1.21 bits per heavy atom. The number of alkyl halides is 2. The lowest BCUT2D eigenvalue weighted by Gasteiger charge is -2.44. The Morgan fingerprint density at radius 3 is 2.14 bits per heavy atom. The first-order valence-electron chi connectivity index (χ1n) is 3.72. The molecule has 5 N–H and O–H groups in total. The van der Waals surface area contributed by atoms with Crippen LogP contribution in [0.2, 0.25) is 0 Å². The van der Waals surface area contributed by atoms with Gasteiger partial charge in [-0.25, -0.2) is 0 Å². The standard InChI is InChI=1S/C6H10BrClO6/c7-6(5(8)13)3(11)1(9)2(10)4(12)14-6/h1-5,9-13H/t1-,2-,3+,4+,5?,6+/m1/s1. The van der Waals surface area contributed by atoms with Crippen LogP contribution in [0.5, 0.6) is 0 Å². The van der Waals surface area contributed by atoms with Crippen LogP contribution in [-0.2, 0) is 4.74 Å². The van der Waals surface area contributed by atoms with Crippen LogP contribution in [0.15, 0.2) is 0 Å². The van der Waals surface area contributed by atoms with Crippen LogP contribution in [0.4, 0.5) is 0 Å². The summed E-state index contributed by atoms with van der Waals surface area (Å²) in [6.07, 6.45) is -6.76. The Morgan fingerprint density at radius 2 is 1.71 bits per heavy atom. The van der Waals surface area contributed by atoms with Crippen molar-refractivity contribution in [1.82, 2.24) is 0 Å². The van der Waals surface area contributed by atoms with Crippen molar-refractivity contribution in [2.24, 2.45) is 0 Å². The predicted octanol–water partition coefficient (Wildman–Crippen LogP) is -1.93. The Bertz CT molecular complexity index is 216. The fourth-order valence-electron chi connectivity index (χ4n) is 1.11. The van der Waals surface area contributed by atoms with E-state index in [0.717, 1.165) is 0 Å². The van der Waals surface area contributed by atoms with E-state index in [9.17, 15) is 10.2 Å². The van der Waals surface area contributed by atoms with E-state index < -0.39 is 34.7 Å². The summed E-state index contributed by atoms with van der Waals surface area (Å²) in [5.74, 6) is 0. The van der Waals surface area contributed by atoms with Crippen LogP contribution in [0.3, 0.4) is 0 Å². The van der Waals surface area contributed by atoms with Crippen molar-refractivity contribution in [3.05, 3.63) is 0 Å². The first-order chi connectivity index (χ1) is 6.30. The van der Waals surface area contributed by atoms with E-state index in [2.05, 4.69) is 20.7 Å². The normalized spacial score (nSPS) is 51.6. The maximum Gasteiger partial charge on any atom is 0.193 e. The average Bonchev–Trinajstić information content (AvgIpc) is 2.11. The molecule has 6 nitrogen and oxygen atoms in total. The molecule has 0 aromatic carbocycles. The Kier molecular flexibility index (Phi) is 3.77. The molecule has 0 aromatic rings. The van der Waals surface area contributed by atoms with Gasteiger partial charge in [-0.2, -0.15) is 0 Å². The number of rotatable bonds is 1. The molecular weight excluding hydrogens is 283 g/mol. The number of hydrogen-bond acceptors (Lipinski definition) is 6. The molecule has 84 valence electrons. The lowest BCUT2D eigenvalue weighted by molar-refractivity contribution is -0.300. The highest BCUT2D eigenvalue weighted by Gasteiger charge is 2.55. The van der Waals surface area contributed by atoms with E-state index in [-0.39, 0.29) is 0 Å². The minimum absolute atomic E-state index is 1.66. The molecule has 0 aromatic heterocycles. The van der Waals surface area contributed by atoms with Gasteiger partial charge in [0, 0.05) is 0 Å². The molecule has 1 unspecified atom stereocenters. The van der Waals surface area contributed by atoms with Gasteiger partial charge in [0.05, 0.1) is 0 Å². The minimum atomic E-state index is -1.91. The van der Waals surface area contributed by atoms with E-state index in [4.69, 9.17) is 26.9 Å². The fraction of sp³-hybridized carbons (Fsp3) is 1.00. The molecule has 1 rings (SSSR count). The zero-order valence-corrected chi connectivity index (χ0v) is 9.13. The second-order valence-electron chi connectivity index (χ2n) is 2.97. The van der Waals surface area contributed by atoms with Gasteiger partial charge in [-0.05, 0) is 15.9 Å². The predicted molar refractivity (Wildman–Crippen MR) is 48.6 cm³/mol. The Hall–Kier alpha value is 0.530. The summed E-state index contributed by atoms with van der Waals surface area (Å²) in [5, 5.41) is 45.9. The summed E-state index contributed by atoms with van der Waals surface area (Å²) in [6, 6.07) is 0. The maximum absolute atomic E-state index is 9.42. The molecule has 6 atom stereocenters. The number of halogens is 2. The second-order valence-corrected chi connectivity index (χ2v) is 4.62. The van der Waals surface area contributed by atoms with Gasteiger partial charge >= 0.3 is 0 Å². The molecule has 8 heteroatoms. The Balaban J connectivity index is 2.90. The number of ether oxygens (including phenoxy) is 1. The molecule has 1 aliphatic heterocycles. The van der Waals surface area contributed by atoms with Crippen molar-refractivity contribution < 1.29 is 30.3 Å². The van der Waals surface area contributed by atoms with Crippen LogP contribution >= 0.6 is 27.5 Å². The highest BCUT2D eigenvalue weighted by molar-refractivity contribution is 9.10. The highest BCUT2D eigenvalue weighted by atomic mass is 79.9. The SMILES string of the molecule is OC(Cl)[C@@]1(Br)O[C@H](O)[C@H](O)[C@@H](O)[C@@H]1O. The van der Waals surface area contributed by atoms with Gasteiger partial charge in [0.1, 0.15) is 18.3 Å². The molecule has 0 spiro atoms. The van der Waals surface area contributed by atoms with E-state index in [0.29, 0.717) is 0 Å². The molecule has 1 fully saturated rings. The summed E-state index contributed by atoms with van der Waals surface area (Å²) in [4.78, 5) is 0. The van der Waals surface area contributed by atoms with Gasteiger partial charge in [0.2, 0.25) is 0 Å². The van der Waals surface area contributed by atoms with E-state index >= 15 is 0 Å². The summed E-state index contributed by atoms with van der Waals surface area (Å²) < 4.78 is 2.75. The average molecular weight is 293 g/mol. The molecule has 0 amide bonds. The number of aliphatic hydroxyl groups is 5. The zero-order chi connectivity index (χ0) is 11.1. The van der Waals surface area contributed by atoms with Crippen molar-refractivity contribution in [1.29, 1.82) is 0 Å². The molecular formula is C6H10BrClO6. The van der Waals surface area contributed by atoms with Gasteiger partial charge in [-0.1, -0.05) is 11.6 Å². The lowest BCUT2D eigenvalue weighted by Crippen LogP contribution is -2.64. The van der Waals surface area contributed by atoms with Crippen molar-refractivity contribution >= 4 is 27.5 Å². The first-order valence-corrected chi connectivity index (χ1v) is 4.94. The van der Waals surface area contributed by atoms with E-state index in [1.165, 1.54) is 0 Å². The van der Waals surface area contributed by atoms with E-state index in [1.54, 1.807) is 0 Å². The van der Waals surface area contributed by atoms with Gasteiger partial charge in [-0.3, -0.25) is 0 Å². The topological polar surface area (TPSA) is 110 Å². The summed E-state index contributed by atoms with van der Waals surface area (Å²) in [7, 11) is 0. The Labute approximate surface area is 92.8 Å². The zero-order valence-electron chi connectivity index (χ0n) is 6.79. The van der Waals surface area contributed by atoms with Crippen molar-refractivity contribution in [3.8, 4) is 0 Å². The molecule has 14 heavy (non-hydrogen) atoms. The highest BCUT2D eigenvalue weighted by Crippen LogP contribution is 2.38. The molecule has 0 aliphatic carbocycles. The quantitative estimate of drug-likeness (QED) is 0.360. The second kappa shape index (κ2) is 4.18. The monoisotopic (exact) mass is 292 g/mol. The maximum atomic E-state index is 9.42. The molecule has 1 saturated heterocycles. The summed E-state index contributed by atoms with van der Waals surface area (Å²) >= 11 is 8.04. The summed E-state index contributed by atoms with van der Waals surface area (Å²) in [5.41, 5.74) is -1.70. The number of aliphatic hydroxyl groups excluding tert-OH is 5. The van der Waals surface area contributed by atoms with Crippen molar-refractivity contribution in [3.63, 3.8) is 0 Å². The smallest absolute Gasteiger partial charge is 0.193 e. The molecule has 0 radical (unpaired) electrons. The minimum Gasteiger partial charge on any atom is -0.387 e. The van der Waals surface area contributed by atoms with Crippen LogP contribution in [0.25, 0.3) is 0 Å². The van der Waals surface area contributed by atoms with Gasteiger partial charge in [0.15, 0.2) is 16.4 Å². The molecule has 0 saturated carbocycles. The third-order valence-electron chi connectivity index (χ3n) is 2.00. The van der Waals surface area contributed by atoms with Gasteiger partial charge in [-0.15, -0.1) is 0 Å². The largest absolute Gasteiger partial charge is 0.387 e. The third-order valence-corrected chi connectivity index (χ3v) is 3.67. The van der Waals surface area contributed by atoms with Crippen molar-refractivity contribution in [2.75, 3.05) is 0 Å².